The van der Waals surface area contributed by atoms with Gasteiger partial charge in [-0.15, -0.1) is 0 Å². The Bertz CT molecular complexity index is 1560. The Labute approximate surface area is 241 Å². The molecule has 3 atom stereocenters. The maximum Gasteiger partial charge on any atom is 0.266 e. The number of anilines is 2. The number of benzene rings is 4. The summed E-state index contributed by atoms with van der Waals surface area (Å²) in [6.45, 7) is 2.25. The second-order valence-corrected chi connectivity index (χ2v) is 10.6. The van der Waals surface area contributed by atoms with E-state index >= 15 is 0 Å². The summed E-state index contributed by atoms with van der Waals surface area (Å²) in [7, 11) is 1.58. The van der Waals surface area contributed by atoms with Crippen LogP contribution in [0.25, 0.3) is 0 Å². The molecule has 2 amide bonds. The normalized spacial score (nSPS) is 20.1. The second kappa shape index (κ2) is 10.8. The van der Waals surface area contributed by atoms with E-state index in [4.69, 9.17) is 14.3 Å². The lowest BCUT2D eigenvalue weighted by Crippen LogP contribution is -2.37. The van der Waals surface area contributed by atoms with Crippen LogP contribution in [0.5, 0.6) is 11.5 Å². The number of ether oxygens (including phenoxy) is 2. The Balaban J connectivity index is 1.41. The number of fused-ring (bicyclic) bond motifs is 1. The lowest BCUT2D eigenvalue weighted by molar-refractivity contribution is -0.126. The van der Waals surface area contributed by atoms with Crippen molar-refractivity contribution in [3.63, 3.8) is 0 Å². The molecule has 4 aromatic carbocycles. The molecule has 3 unspecified atom stereocenters. The summed E-state index contributed by atoms with van der Waals surface area (Å²) in [5, 5.41) is 1.67. The molecular weight excluding hydrogens is 572 g/mol. The van der Waals surface area contributed by atoms with Crippen LogP contribution in [0.15, 0.2) is 102 Å². The first-order valence-corrected chi connectivity index (χ1v) is 13.8. The number of halogens is 1. The van der Waals surface area contributed by atoms with E-state index in [1.807, 2.05) is 97.9 Å². The fourth-order valence-electron chi connectivity index (χ4n) is 5.37. The molecule has 40 heavy (non-hydrogen) atoms. The van der Waals surface area contributed by atoms with Crippen LogP contribution in [0.1, 0.15) is 22.7 Å². The fourth-order valence-corrected chi connectivity index (χ4v) is 5.92. The predicted octanol–water partition coefficient (Wildman–Crippen LogP) is 6.40. The number of rotatable bonds is 7. The van der Waals surface area contributed by atoms with Gasteiger partial charge in [0.25, 0.3) is 5.91 Å². The van der Waals surface area contributed by atoms with E-state index in [9.17, 15) is 9.59 Å². The van der Waals surface area contributed by atoms with E-state index in [1.54, 1.807) is 18.2 Å². The molecule has 0 aliphatic carbocycles. The van der Waals surface area contributed by atoms with Crippen LogP contribution in [-0.2, 0) is 21.0 Å². The third-order valence-corrected chi connectivity index (χ3v) is 8.01. The largest absolute Gasteiger partial charge is 0.493 e. The number of para-hydroxylation sites is 2. The Hall–Kier alpha value is -4.14. The molecule has 0 N–H and O–H groups in total. The third-order valence-electron chi connectivity index (χ3n) is 7.32. The number of carbonyl (C=O) groups excluding carboxylic acids is 2. The summed E-state index contributed by atoms with van der Waals surface area (Å²) < 4.78 is 12.5. The topological polar surface area (TPSA) is 68.3 Å². The Kier molecular flexibility index (Phi) is 7.04. The minimum absolute atomic E-state index is 0.303. The number of imide groups is 1. The molecule has 2 fully saturated rings. The highest BCUT2D eigenvalue weighted by Crippen LogP contribution is 2.51. The van der Waals surface area contributed by atoms with Gasteiger partial charge in [0.15, 0.2) is 17.6 Å². The van der Waals surface area contributed by atoms with Crippen LogP contribution in [0.3, 0.4) is 0 Å². The molecule has 2 saturated heterocycles. The van der Waals surface area contributed by atoms with Gasteiger partial charge in [0, 0.05) is 4.47 Å². The van der Waals surface area contributed by atoms with Crippen LogP contribution >= 0.6 is 15.9 Å². The van der Waals surface area contributed by atoms with Crippen LogP contribution in [0, 0.1) is 12.8 Å². The van der Waals surface area contributed by atoms with E-state index in [2.05, 4.69) is 15.9 Å². The minimum atomic E-state index is -0.968. The molecule has 6 rings (SSSR count). The van der Waals surface area contributed by atoms with E-state index in [-0.39, 0.29) is 11.8 Å². The average molecular weight is 599 g/mol. The number of hydroxylamine groups is 1. The van der Waals surface area contributed by atoms with Crippen molar-refractivity contribution in [3.8, 4) is 11.5 Å². The van der Waals surface area contributed by atoms with E-state index < -0.39 is 18.1 Å². The summed E-state index contributed by atoms with van der Waals surface area (Å²) >= 11 is 3.72. The molecule has 202 valence electrons. The van der Waals surface area contributed by atoms with Crippen molar-refractivity contribution in [1.29, 1.82) is 0 Å². The van der Waals surface area contributed by atoms with Gasteiger partial charge in [-0.05, 0) is 53.9 Å². The standard InChI is InChI=1S/C32H27BrN2O5/c1-20-11-9-10-16-25(20)34-31(36)28-29(35(40-30(28)32(34)37)22-14-7-4-8-15-22)23-17-26(38-2)27(18-24(23)33)39-19-21-12-5-3-6-13-21/h3-18,28-30H,19H2,1-2H3. The van der Waals surface area contributed by atoms with Gasteiger partial charge >= 0.3 is 0 Å². The molecule has 0 radical (unpaired) electrons. The predicted molar refractivity (Wildman–Crippen MR) is 155 cm³/mol. The van der Waals surface area contributed by atoms with Crippen molar-refractivity contribution < 1.29 is 23.9 Å². The van der Waals surface area contributed by atoms with E-state index in [0.717, 1.165) is 22.4 Å². The lowest BCUT2D eigenvalue weighted by Gasteiger charge is -2.30. The molecule has 4 aromatic rings. The number of amides is 2. The number of hydrogen-bond acceptors (Lipinski definition) is 6. The highest BCUT2D eigenvalue weighted by molar-refractivity contribution is 9.10. The average Bonchev–Trinajstić information content (AvgIpc) is 3.48. The highest BCUT2D eigenvalue weighted by Gasteiger charge is 2.60. The van der Waals surface area contributed by atoms with Gasteiger partial charge in [-0.2, -0.15) is 0 Å². The summed E-state index contributed by atoms with van der Waals surface area (Å²) in [5.74, 6) is -0.386. The van der Waals surface area contributed by atoms with Gasteiger partial charge in [0.05, 0.1) is 24.5 Å². The van der Waals surface area contributed by atoms with Crippen molar-refractivity contribution in [2.75, 3.05) is 17.1 Å². The highest BCUT2D eigenvalue weighted by atomic mass is 79.9. The van der Waals surface area contributed by atoms with Gasteiger partial charge in [-0.1, -0.05) is 82.7 Å². The van der Waals surface area contributed by atoms with Gasteiger partial charge in [0.2, 0.25) is 5.91 Å². The molecule has 0 spiro atoms. The van der Waals surface area contributed by atoms with E-state index in [1.165, 1.54) is 4.90 Å². The molecule has 0 saturated carbocycles. The zero-order chi connectivity index (χ0) is 27.8. The number of hydrogen-bond donors (Lipinski definition) is 0. The van der Waals surface area contributed by atoms with Gasteiger partial charge in [-0.25, -0.2) is 9.96 Å². The molecule has 2 heterocycles. The minimum Gasteiger partial charge on any atom is -0.493 e. The quantitative estimate of drug-likeness (QED) is 0.229. The number of aryl methyl sites for hydroxylation is 1. The summed E-state index contributed by atoms with van der Waals surface area (Å²) in [4.78, 5) is 35.3. The molecule has 2 aliphatic heterocycles. The van der Waals surface area contributed by atoms with Crippen LogP contribution < -0.4 is 19.4 Å². The second-order valence-electron chi connectivity index (χ2n) is 9.76. The Morgan fingerprint density at radius 3 is 2.23 bits per heavy atom. The maximum atomic E-state index is 14.0. The first-order valence-electron chi connectivity index (χ1n) is 13.0. The summed E-state index contributed by atoms with van der Waals surface area (Å²) in [6.07, 6.45) is -0.968. The fraction of sp³-hybridized carbons (Fsp3) is 0.188. The summed E-state index contributed by atoms with van der Waals surface area (Å²) in [5.41, 5.74) is 3.91. The summed E-state index contributed by atoms with van der Waals surface area (Å²) in [6, 6.07) is 29.8. The monoisotopic (exact) mass is 598 g/mol. The zero-order valence-corrected chi connectivity index (χ0v) is 23.6. The smallest absolute Gasteiger partial charge is 0.266 e. The van der Waals surface area contributed by atoms with Crippen molar-refractivity contribution in [1.82, 2.24) is 0 Å². The van der Waals surface area contributed by atoms with Gasteiger partial charge in [-0.3, -0.25) is 14.4 Å². The zero-order valence-electron chi connectivity index (χ0n) is 22.0. The first kappa shape index (κ1) is 26.1. The molecular formula is C32H27BrN2O5. The molecule has 8 heteroatoms. The van der Waals surface area contributed by atoms with Crippen molar-refractivity contribution in [3.05, 3.63) is 118 Å². The lowest BCUT2D eigenvalue weighted by atomic mass is 9.90. The number of methoxy groups -OCH3 is 1. The van der Waals surface area contributed by atoms with Crippen molar-refractivity contribution >= 4 is 39.1 Å². The molecule has 0 aromatic heterocycles. The molecule has 0 bridgehead atoms. The third kappa shape index (κ3) is 4.53. The first-order chi connectivity index (χ1) is 19.5. The Morgan fingerprint density at radius 1 is 0.850 bits per heavy atom. The van der Waals surface area contributed by atoms with Crippen LogP contribution in [-0.4, -0.2) is 25.0 Å². The van der Waals surface area contributed by atoms with Gasteiger partial charge < -0.3 is 9.47 Å². The van der Waals surface area contributed by atoms with Crippen molar-refractivity contribution in [2.45, 2.75) is 25.7 Å². The van der Waals surface area contributed by atoms with Gasteiger partial charge in [0.1, 0.15) is 12.5 Å². The van der Waals surface area contributed by atoms with Crippen molar-refractivity contribution in [2.24, 2.45) is 5.92 Å². The SMILES string of the molecule is COc1cc(C2C3C(=O)N(c4ccccc4C)C(=O)C3ON2c2ccccc2)c(Br)cc1OCc1ccccc1. The Morgan fingerprint density at radius 2 is 1.52 bits per heavy atom. The van der Waals surface area contributed by atoms with Crippen LogP contribution in [0.2, 0.25) is 0 Å². The molecule has 7 nitrogen and oxygen atoms in total. The van der Waals surface area contributed by atoms with Crippen LogP contribution in [0.4, 0.5) is 11.4 Å². The molecule has 2 aliphatic rings. The maximum absolute atomic E-state index is 14.0. The number of carbonyl (C=O) groups is 2. The van der Waals surface area contributed by atoms with E-state index in [0.29, 0.717) is 28.3 Å². The number of nitrogens with zero attached hydrogens (tertiary/aromatic N) is 2.